The number of benzene rings is 2. The van der Waals surface area contributed by atoms with Crippen LogP contribution in [0.2, 0.25) is 0 Å². The van der Waals surface area contributed by atoms with Gasteiger partial charge in [-0.1, -0.05) is 12.1 Å². The van der Waals surface area contributed by atoms with Gasteiger partial charge in [0.05, 0.1) is 16.7 Å². The summed E-state index contributed by atoms with van der Waals surface area (Å²) in [4.78, 5) is 33.2. The molecule has 0 atom stereocenters. The molecule has 0 aliphatic heterocycles. The highest BCUT2D eigenvalue weighted by molar-refractivity contribution is 6.12. The maximum Gasteiger partial charge on any atom is 0.336 e. The van der Waals surface area contributed by atoms with Gasteiger partial charge in [-0.25, -0.2) is 14.4 Å². The highest BCUT2D eigenvalue weighted by atomic mass is 16.4. The van der Waals surface area contributed by atoms with Crippen LogP contribution in [0.3, 0.4) is 0 Å². The Morgan fingerprint density at radius 1 is 0.737 bits per heavy atom. The van der Waals surface area contributed by atoms with Gasteiger partial charge in [-0.3, -0.25) is 0 Å². The lowest BCUT2D eigenvalue weighted by molar-refractivity contribution is 0.0681. The van der Waals surface area contributed by atoms with Crippen LogP contribution in [0.15, 0.2) is 30.3 Å². The molecule has 0 amide bonds. The third-order valence-corrected chi connectivity index (χ3v) is 2.70. The number of hydrogen-bond acceptors (Lipinski definition) is 3. The molecule has 0 aliphatic carbocycles. The van der Waals surface area contributed by atoms with Crippen molar-refractivity contribution in [3.8, 4) is 0 Å². The summed E-state index contributed by atoms with van der Waals surface area (Å²) in [5, 5.41) is 27.3. The Morgan fingerprint density at radius 3 is 1.89 bits per heavy atom. The molecule has 0 aliphatic rings. The fraction of sp³-hybridized carbons (Fsp3) is 0. The van der Waals surface area contributed by atoms with E-state index in [1.807, 2.05) is 0 Å². The summed E-state index contributed by atoms with van der Waals surface area (Å²) in [7, 11) is 0. The second-order valence-electron chi connectivity index (χ2n) is 3.84. The lowest BCUT2D eigenvalue weighted by Crippen LogP contribution is -2.06. The Balaban J connectivity index is 2.95. The van der Waals surface area contributed by atoms with E-state index in [1.165, 1.54) is 18.2 Å². The third kappa shape index (κ3) is 2.11. The average Bonchev–Trinajstić information content (AvgIpc) is 2.36. The van der Waals surface area contributed by atoms with Crippen LogP contribution in [0.4, 0.5) is 0 Å². The fourth-order valence-corrected chi connectivity index (χ4v) is 1.87. The number of rotatable bonds is 3. The van der Waals surface area contributed by atoms with Gasteiger partial charge in [0.1, 0.15) is 0 Å². The Bertz CT molecular complexity index is 716. The molecule has 2 rings (SSSR count). The second kappa shape index (κ2) is 4.41. The maximum absolute atomic E-state index is 11.1. The lowest BCUT2D eigenvalue weighted by atomic mass is 9.97. The van der Waals surface area contributed by atoms with Crippen molar-refractivity contribution in [2.45, 2.75) is 0 Å². The molecule has 0 heterocycles. The Kier molecular flexibility index (Phi) is 2.92. The van der Waals surface area contributed by atoms with Crippen molar-refractivity contribution in [2.24, 2.45) is 0 Å². The minimum absolute atomic E-state index is 0.0901. The molecule has 0 aromatic heterocycles. The van der Waals surface area contributed by atoms with Crippen LogP contribution in [-0.2, 0) is 0 Å². The molecule has 0 radical (unpaired) electrons. The molecule has 6 nitrogen and oxygen atoms in total. The monoisotopic (exact) mass is 260 g/mol. The summed E-state index contributed by atoms with van der Waals surface area (Å²) in [5.74, 6) is -3.87. The van der Waals surface area contributed by atoms with Crippen LogP contribution in [0.1, 0.15) is 31.1 Å². The SMILES string of the molecule is O=C(O)c1cc(C(=O)O)c2cccc(C(=O)O)c2c1. The topological polar surface area (TPSA) is 112 Å². The zero-order valence-corrected chi connectivity index (χ0v) is 9.45. The standard InChI is InChI=1S/C13H8O6/c14-11(15)6-4-9-7(10(5-6)13(18)19)2-1-3-8(9)12(16)17/h1-5H,(H,14,15)(H,16,17)(H,18,19). The van der Waals surface area contributed by atoms with Crippen molar-refractivity contribution in [2.75, 3.05) is 0 Å². The molecule has 0 spiro atoms. The fourth-order valence-electron chi connectivity index (χ4n) is 1.87. The molecule has 0 fully saturated rings. The van der Waals surface area contributed by atoms with Gasteiger partial charge in [0.2, 0.25) is 0 Å². The van der Waals surface area contributed by atoms with Gasteiger partial charge in [-0.05, 0) is 29.0 Å². The van der Waals surface area contributed by atoms with Crippen molar-refractivity contribution in [1.29, 1.82) is 0 Å². The number of carboxylic acid groups (broad SMARTS) is 3. The van der Waals surface area contributed by atoms with E-state index in [-0.39, 0.29) is 27.5 Å². The summed E-state index contributed by atoms with van der Waals surface area (Å²) in [6, 6.07) is 6.32. The zero-order chi connectivity index (χ0) is 14.2. The summed E-state index contributed by atoms with van der Waals surface area (Å²) in [6.45, 7) is 0. The van der Waals surface area contributed by atoms with Gasteiger partial charge in [-0.15, -0.1) is 0 Å². The van der Waals surface area contributed by atoms with E-state index in [9.17, 15) is 14.4 Å². The van der Waals surface area contributed by atoms with Gasteiger partial charge in [0.15, 0.2) is 0 Å². The zero-order valence-electron chi connectivity index (χ0n) is 9.45. The summed E-state index contributed by atoms with van der Waals surface area (Å²) in [5.41, 5.74) is -0.639. The molecule has 0 bridgehead atoms. The lowest BCUT2D eigenvalue weighted by Gasteiger charge is -2.07. The van der Waals surface area contributed by atoms with Gasteiger partial charge in [0, 0.05) is 0 Å². The largest absolute Gasteiger partial charge is 0.478 e. The summed E-state index contributed by atoms with van der Waals surface area (Å²) < 4.78 is 0. The van der Waals surface area contributed by atoms with Crippen LogP contribution < -0.4 is 0 Å². The summed E-state index contributed by atoms with van der Waals surface area (Å²) in [6.07, 6.45) is 0. The maximum atomic E-state index is 11.1. The molecular weight excluding hydrogens is 252 g/mol. The first-order chi connectivity index (χ1) is 8.91. The van der Waals surface area contributed by atoms with Crippen LogP contribution in [0.5, 0.6) is 0 Å². The minimum Gasteiger partial charge on any atom is -0.478 e. The van der Waals surface area contributed by atoms with Crippen LogP contribution >= 0.6 is 0 Å². The van der Waals surface area contributed by atoms with Crippen molar-refractivity contribution in [1.82, 2.24) is 0 Å². The van der Waals surface area contributed by atoms with E-state index < -0.39 is 17.9 Å². The highest BCUT2D eigenvalue weighted by Crippen LogP contribution is 2.25. The van der Waals surface area contributed by atoms with Gasteiger partial charge in [0.25, 0.3) is 0 Å². The molecule has 3 N–H and O–H groups in total. The minimum atomic E-state index is -1.32. The molecule has 0 saturated heterocycles. The number of fused-ring (bicyclic) bond motifs is 1. The van der Waals surface area contributed by atoms with E-state index in [1.54, 1.807) is 0 Å². The quantitative estimate of drug-likeness (QED) is 0.777. The first-order valence-corrected chi connectivity index (χ1v) is 5.18. The number of carboxylic acids is 3. The molecular formula is C13H8O6. The van der Waals surface area contributed by atoms with E-state index in [2.05, 4.69) is 0 Å². The van der Waals surface area contributed by atoms with Crippen LogP contribution in [-0.4, -0.2) is 33.2 Å². The Morgan fingerprint density at radius 2 is 1.37 bits per heavy atom. The molecule has 2 aromatic carbocycles. The average molecular weight is 260 g/mol. The van der Waals surface area contributed by atoms with Crippen LogP contribution in [0, 0.1) is 0 Å². The normalized spacial score (nSPS) is 10.3. The smallest absolute Gasteiger partial charge is 0.336 e. The van der Waals surface area contributed by atoms with E-state index >= 15 is 0 Å². The number of hydrogen-bond donors (Lipinski definition) is 3. The predicted octanol–water partition coefficient (Wildman–Crippen LogP) is 1.93. The molecule has 96 valence electrons. The van der Waals surface area contributed by atoms with Crippen molar-refractivity contribution in [3.05, 3.63) is 47.0 Å². The van der Waals surface area contributed by atoms with Crippen molar-refractivity contribution in [3.63, 3.8) is 0 Å². The molecule has 19 heavy (non-hydrogen) atoms. The number of aromatic carboxylic acids is 3. The number of carbonyl (C=O) groups is 3. The first kappa shape index (κ1) is 12.6. The molecule has 0 saturated carbocycles. The Labute approximate surface area is 106 Å². The van der Waals surface area contributed by atoms with E-state index in [4.69, 9.17) is 15.3 Å². The van der Waals surface area contributed by atoms with Gasteiger partial charge >= 0.3 is 17.9 Å². The van der Waals surface area contributed by atoms with E-state index in [0.29, 0.717) is 0 Å². The molecule has 0 unspecified atom stereocenters. The summed E-state index contributed by atoms with van der Waals surface area (Å²) >= 11 is 0. The third-order valence-electron chi connectivity index (χ3n) is 2.70. The predicted molar refractivity (Wildman–Crippen MR) is 64.8 cm³/mol. The second-order valence-corrected chi connectivity index (χ2v) is 3.84. The van der Waals surface area contributed by atoms with Gasteiger partial charge < -0.3 is 15.3 Å². The van der Waals surface area contributed by atoms with Crippen molar-refractivity contribution >= 4 is 28.7 Å². The molecule has 6 heteroatoms. The van der Waals surface area contributed by atoms with Gasteiger partial charge in [-0.2, -0.15) is 0 Å². The first-order valence-electron chi connectivity index (χ1n) is 5.18. The van der Waals surface area contributed by atoms with Crippen molar-refractivity contribution < 1.29 is 29.7 Å². The van der Waals surface area contributed by atoms with Crippen LogP contribution in [0.25, 0.3) is 10.8 Å². The molecule has 2 aromatic rings. The Hall–Kier alpha value is -2.89. The van der Waals surface area contributed by atoms with E-state index in [0.717, 1.165) is 12.1 Å². The highest BCUT2D eigenvalue weighted by Gasteiger charge is 2.17.